The lowest BCUT2D eigenvalue weighted by Gasteiger charge is -2.14. The molecule has 1 aromatic carbocycles. The molecule has 1 aromatic rings. The fourth-order valence-corrected chi connectivity index (χ4v) is 1.24. The van der Waals surface area contributed by atoms with Crippen molar-refractivity contribution in [2.75, 3.05) is 6.54 Å². The normalized spacial score (nSPS) is 13.2. The Bertz CT molecular complexity index is 434. The molecule has 0 aliphatic carbocycles. The van der Waals surface area contributed by atoms with Gasteiger partial charge in [0.15, 0.2) is 0 Å². The van der Waals surface area contributed by atoms with Gasteiger partial charge in [-0.15, -0.1) is 0 Å². The maximum Gasteiger partial charge on any atom is 0.401 e. The third kappa shape index (κ3) is 4.04. The highest BCUT2D eigenvalue weighted by molar-refractivity contribution is 5.28. The molecule has 0 bridgehead atoms. The van der Waals surface area contributed by atoms with E-state index in [2.05, 4.69) is 0 Å². The Hall–Kier alpha value is -1.61. The van der Waals surface area contributed by atoms with Crippen LogP contribution >= 0.6 is 0 Å². The summed E-state index contributed by atoms with van der Waals surface area (Å²) in [4.78, 5) is 0. The zero-order valence-corrected chi connectivity index (χ0v) is 8.98. The standard InChI is InChI=1S/C11H10F4N2/c1-7-2-3-8(4-9(7)12)10(5-16)17-6-11(13,14)15/h2-4,10,17H,6H2,1H3. The number of nitrogens with zero attached hydrogens (tertiary/aromatic N) is 1. The lowest BCUT2D eigenvalue weighted by atomic mass is 10.1. The third-order valence-electron chi connectivity index (χ3n) is 2.16. The van der Waals surface area contributed by atoms with E-state index in [4.69, 9.17) is 5.26 Å². The minimum atomic E-state index is -4.40. The van der Waals surface area contributed by atoms with Gasteiger partial charge in [-0.2, -0.15) is 18.4 Å². The molecule has 0 aromatic heterocycles. The number of hydrogen-bond acceptors (Lipinski definition) is 2. The van der Waals surface area contributed by atoms with Gasteiger partial charge in [-0.05, 0) is 24.1 Å². The first kappa shape index (κ1) is 13.5. The Morgan fingerprint density at radius 3 is 2.53 bits per heavy atom. The van der Waals surface area contributed by atoms with Gasteiger partial charge < -0.3 is 0 Å². The summed E-state index contributed by atoms with van der Waals surface area (Å²) in [5, 5.41) is 10.8. The summed E-state index contributed by atoms with van der Waals surface area (Å²) in [6, 6.07) is 4.39. The van der Waals surface area contributed by atoms with Crippen LogP contribution in [0.1, 0.15) is 17.2 Å². The summed E-state index contributed by atoms with van der Waals surface area (Å²) < 4.78 is 49.1. The second-order valence-corrected chi connectivity index (χ2v) is 3.57. The number of benzene rings is 1. The summed E-state index contributed by atoms with van der Waals surface area (Å²) >= 11 is 0. The van der Waals surface area contributed by atoms with Gasteiger partial charge in [0.2, 0.25) is 0 Å². The molecule has 6 heteroatoms. The number of alkyl halides is 3. The first-order valence-electron chi connectivity index (χ1n) is 4.79. The first-order chi connectivity index (χ1) is 7.83. The number of halogens is 4. The van der Waals surface area contributed by atoms with Gasteiger partial charge in [0.25, 0.3) is 0 Å². The molecule has 0 saturated carbocycles. The van der Waals surface area contributed by atoms with E-state index in [1.54, 1.807) is 6.07 Å². The van der Waals surface area contributed by atoms with Crippen LogP contribution in [0.25, 0.3) is 0 Å². The molecule has 0 aliphatic rings. The molecule has 0 heterocycles. The van der Waals surface area contributed by atoms with E-state index in [1.165, 1.54) is 19.1 Å². The van der Waals surface area contributed by atoms with Crippen molar-refractivity contribution in [2.24, 2.45) is 0 Å². The molecular formula is C11H10F4N2. The van der Waals surface area contributed by atoms with Crippen LogP contribution in [0, 0.1) is 24.1 Å². The van der Waals surface area contributed by atoms with Crippen LogP contribution in [0.4, 0.5) is 17.6 Å². The van der Waals surface area contributed by atoms with E-state index in [0.29, 0.717) is 5.56 Å². The largest absolute Gasteiger partial charge is 0.401 e. The second-order valence-electron chi connectivity index (χ2n) is 3.57. The fourth-order valence-electron chi connectivity index (χ4n) is 1.24. The average molecular weight is 246 g/mol. The quantitative estimate of drug-likeness (QED) is 0.832. The van der Waals surface area contributed by atoms with Crippen LogP contribution in [-0.4, -0.2) is 12.7 Å². The molecule has 0 aliphatic heterocycles. The van der Waals surface area contributed by atoms with Crippen molar-refractivity contribution in [3.05, 3.63) is 35.1 Å². The van der Waals surface area contributed by atoms with Crippen molar-refractivity contribution in [1.82, 2.24) is 5.32 Å². The van der Waals surface area contributed by atoms with Crippen molar-refractivity contribution in [3.63, 3.8) is 0 Å². The van der Waals surface area contributed by atoms with E-state index < -0.39 is 24.6 Å². The van der Waals surface area contributed by atoms with Crippen molar-refractivity contribution >= 4 is 0 Å². The number of nitriles is 1. The molecule has 1 rings (SSSR count). The number of nitrogens with one attached hydrogen (secondary N) is 1. The zero-order valence-electron chi connectivity index (χ0n) is 8.98. The molecule has 0 amide bonds. The maximum atomic E-state index is 13.2. The Labute approximate surface area is 95.9 Å². The molecule has 17 heavy (non-hydrogen) atoms. The smallest absolute Gasteiger partial charge is 0.290 e. The molecule has 1 unspecified atom stereocenters. The summed E-state index contributed by atoms with van der Waals surface area (Å²) in [6.07, 6.45) is -4.40. The van der Waals surface area contributed by atoms with E-state index in [-0.39, 0.29) is 5.56 Å². The van der Waals surface area contributed by atoms with Crippen LogP contribution in [-0.2, 0) is 0 Å². The molecule has 92 valence electrons. The minimum Gasteiger partial charge on any atom is -0.290 e. The van der Waals surface area contributed by atoms with Gasteiger partial charge in [-0.25, -0.2) is 4.39 Å². The van der Waals surface area contributed by atoms with Gasteiger partial charge in [0.1, 0.15) is 11.9 Å². The molecular weight excluding hydrogens is 236 g/mol. The van der Waals surface area contributed by atoms with Gasteiger partial charge in [-0.3, -0.25) is 5.32 Å². The number of rotatable bonds is 3. The predicted octanol–water partition coefficient (Wildman–Crippen LogP) is 2.85. The Morgan fingerprint density at radius 2 is 2.06 bits per heavy atom. The second kappa shape index (κ2) is 5.15. The Morgan fingerprint density at radius 1 is 1.41 bits per heavy atom. The lowest BCUT2D eigenvalue weighted by Crippen LogP contribution is -2.31. The third-order valence-corrected chi connectivity index (χ3v) is 2.16. The van der Waals surface area contributed by atoms with Crippen LogP contribution in [0.2, 0.25) is 0 Å². The van der Waals surface area contributed by atoms with Crippen LogP contribution in [0.5, 0.6) is 0 Å². The minimum absolute atomic E-state index is 0.180. The molecule has 0 radical (unpaired) electrons. The summed E-state index contributed by atoms with van der Waals surface area (Å²) in [7, 11) is 0. The topological polar surface area (TPSA) is 35.8 Å². The molecule has 1 N–H and O–H groups in total. The SMILES string of the molecule is Cc1ccc(C(C#N)NCC(F)(F)F)cc1F. The first-order valence-corrected chi connectivity index (χ1v) is 4.79. The van der Waals surface area contributed by atoms with E-state index in [1.807, 2.05) is 5.32 Å². The molecule has 0 fully saturated rings. The van der Waals surface area contributed by atoms with E-state index in [9.17, 15) is 17.6 Å². The molecule has 2 nitrogen and oxygen atoms in total. The van der Waals surface area contributed by atoms with Crippen LogP contribution in [0.3, 0.4) is 0 Å². The van der Waals surface area contributed by atoms with E-state index >= 15 is 0 Å². The van der Waals surface area contributed by atoms with Gasteiger partial charge >= 0.3 is 6.18 Å². The summed E-state index contributed by atoms with van der Waals surface area (Å²) in [5.41, 5.74) is 0.557. The van der Waals surface area contributed by atoms with Gasteiger partial charge in [0, 0.05) is 0 Å². The van der Waals surface area contributed by atoms with E-state index in [0.717, 1.165) is 6.07 Å². The highest BCUT2D eigenvalue weighted by atomic mass is 19.4. The summed E-state index contributed by atoms with van der Waals surface area (Å²) in [6.45, 7) is 0.240. The highest BCUT2D eigenvalue weighted by Gasteiger charge is 2.28. The van der Waals surface area contributed by atoms with Crippen molar-refractivity contribution in [1.29, 1.82) is 5.26 Å². The van der Waals surface area contributed by atoms with Crippen LogP contribution in [0.15, 0.2) is 18.2 Å². The van der Waals surface area contributed by atoms with Crippen LogP contribution < -0.4 is 5.32 Å². The number of aryl methyl sites for hydroxylation is 1. The molecule has 1 atom stereocenters. The Balaban J connectivity index is 2.81. The Kier molecular flexibility index (Phi) is 4.07. The molecule has 0 spiro atoms. The lowest BCUT2D eigenvalue weighted by molar-refractivity contribution is -0.125. The zero-order chi connectivity index (χ0) is 13.1. The van der Waals surface area contributed by atoms with Crippen molar-refractivity contribution < 1.29 is 17.6 Å². The highest BCUT2D eigenvalue weighted by Crippen LogP contribution is 2.19. The summed E-state index contributed by atoms with van der Waals surface area (Å²) in [5.74, 6) is -0.545. The maximum absolute atomic E-state index is 13.2. The van der Waals surface area contributed by atoms with Crippen molar-refractivity contribution in [2.45, 2.75) is 19.1 Å². The van der Waals surface area contributed by atoms with Crippen molar-refractivity contribution in [3.8, 4) is 6.07 Å². The predicted molar refractivity (Wildman–Crippen MR) is 53.5 cm³/mol. The fraction of sp³-hybridized carbons (Fsp3) is 0.364. The molecule has 0 saturated heterocycles. The van der Waals surface area contributed by atoms with Gasteiger partial charge in [0.05, 0.1) is 12.6 Å². The average Bonchev–Trinajstić information content (AvgIpc) is 2.22. The number of hydrogen-bond donors (Lipinski definition) is 1. The van der Waals surface area contributed by atoms with Gasteiger partial charge in [-0.1, -0.05) is 12.1 Å². The monoisotopic (exact) mass is 246 g/mol.